The van der Waals surface area contributed by atoms with Crippen molar-refractivity contribution in [1.29, 1.82) is 0 Å². The van der Waals surface area contributed by atoms with Crippen molar-refractivity contribution in [3.63, 3.8) is 0 Å². The molecule has 0 saturated carbocycles. The van der Waals surface area contributed by atoms with Crippen molar-refractivity contribution < 1.29 is 18.6 Å². The molecule has 0 amide bonds. The van der Waals surface area contributed by atoms with Gasteiger partial charge in [0.25, 0.3) is 0 Å². The third-order valence-corrected chi connectivity index (χ3v) is 8.25. The van der Waals surface area contributed by atoms with Crippen LogP contribution in [0, 0.1) is 0 Å². The van der Waals surface area contributed by atoms with E-state index in [0.717, 1.165) is 10.9 Å². The number of rotatable bonds is 9. The highest BCUT2D eigenvalue weighted by Gasteiger charge is 2.14. The normalized spacial score (nSPS) is 11.8. The SMILES string of the molecule is CCCS(=O)(=O)c1ccc(Cc2nc(Cl)nc(Nc3ccc4ccc(N=Nc5ccccc5O)c(O)c4c3)n2)cc1. The molecule has 10 nitrogen and oxygen atoms in total. The molecule has 1 aromatic heterocycles. The molecule has 0 unspecified atom stereocenters. The number of hydrogen-bond acceptors (Lipinski definition) is 10. The molecular formula is C29H25ClN6O4S. The minimum absolute atomic E-state index is 0.00450. The number of fused-ring (bicyclic) bond motifs is 1. The third kappa shape index (κ3) is 6.59. The monoisotopic (exact) mass is 588 g/mol. The van der Waals surface area contributed by atoms with E-state index in [9.17, 15) is 18.6 Å². The van der Waals surface area contributed by atoms with Crippen LogP contribution in [0.5, 0.6) is 11.5 Å². The van der Waals surface area contributed by atoms with Crippen LogP contribution in [0.3, 0.4) is 0 Å². The maximum Gasteiger partial charge on any atom is 0.231 e. The topological polar surface area (TPSA) is 150 Å². The zero-order chi connectivity index (χ0) is 29.0. The highest BCUT2D eigenvalue weighted by Crippen LogP contribution is 2.38. The number of azo groups is 1. The lowest BCUT2D eigenvalue weighted by molar-refractivity contribution is 0.475. The second-order valence-corrected chi connectivity index (χ2v) is 11.6. The van der Waals surface area contributed by atoms with Gasteiger partial charge in [-0.05, 0) is 71.4 Å². The van der Waals surface area contributed by atoms with Gasteiger partial charge in [0, 0.05) is 17.5 Å². The summed E-state index contributed by atoms with van der Waals surface area (Å²) in [5.74, 6) is 0.601. The van der Waals surface area contributed by atoms with Gasteiger partial charge in [-0.1, -0.05) is 43.3 Å². The predicted molar refractivity (Wildman–Crippen MR) is 158 cm³/mol. The van der Waals surface area contributed by atoms with Crippen LogP contribution >= 0.6 is 11.6 Å². The minimum Gasteiger partial charge on any atom is -0.506 e. The summed E-state index contributed by atoms with van der Waals surface area (Å²) in [6, 6.07) is 21.9. The Balaban J connectivity index is 1.37. The van der Waals surface area contributed by atoms with E-state index in [0.29, 0.717) is 29.7 Å². The highest BCUT2D eigenvalue weighted by molar-refractivity contribution is 7.91. The van der Waals surface area contributed by atoms with E-state index in [1.807, 2.05) is 13.0 Å². The number of anilines is 2. The number of phenols is 2. The number of hydrogen-bond donors (Lipinski definition) is 3. The van der Waals surface area contributed by atoms with Crippen molar-refractivity contribution in [2.45, 2.75) is 24.7 Å². The van der Waals surface area contributed by atoms with Gasteiger partial charge < -0.3 is 15.5 Å². The summed E-state index contributed by atoms with van der Waals surface area (Å²) in [5.41, 5.74) is 1.91. The molecule has 0 atom stereocenters. The molecule has 0 spiro atoms. The lowest BCUT2D eigenvalue weighted by Crippen LogP contribution is -2.06. The average molecular weight is 589 g/mol. The maximum absolute atomic E-state index is 12.3. The number of para-hydroxylation sites is 1. The van der Waals surface area contributed by atoms with E-state index >= 15 is 0 Å². The molecule has 41 heavy (non-hydrogen) atoms. The highest BCUT2D eigenvalue weighted by atomic mass is 35.5. The summed E-state index contributed by atoms with van der Waals surface area (Å²) in [4.78, 5) is 13.1. The summed E-state index contributed by atoms with van der Waals surface area (Å²) in [7, 11) is -3.30. The van der Waals surface area contributed by atoms with Crippen molar-refractivity contribution in [2.24, 2.45) is 10.2 Å². The Morgan fingerprint density at radius 3 is 2.37 bits per heavy atom. The average Bonchev–Trinajstić information content (AvgIpc) is 2.94. The minimum atomic E-state index is -3.30. The number of phenolic OH excluding ortho intramolecular Hbond substituents is 2. The molecule has 0 saturated heterocycles. The van der Waals surface area contributed by atoms with Crippen molar-refractivity contribution >= 4 is 55.2 Å². The molecule has 0 aliphatic rings. The molecule has 0 aliphatic heterocycles. The van der Waals surface area contributed by atoms with Crippen molar-refractivity contribution in [3.8, 4) is 11.5 Å². The predicted octanol–water partition coefficient (Wildman–Crippen LogP) is 7.02. The Morgan fingerprint density at radius 1 is 0.878 bits per heavy atom. The Kier molecular flexibility index (Phi) is 8.09. The zero-order valence-electron chi connectivity index (χ0n) is 21.9. The molecule has 3 N–H and O–H groups in total. The van der Waals surface area contributed by atoms with Crippen LogP contribution in [0.2, 0.25) is 5.28 Å². The van der Waals surface area contributed by atoms with Crippen LogP contribution in [0.4, 0.5) is 23.0 Å². The summed E-state index contributed by atoms with van der Waals surface area (Å²) in [6.45, 7) is 1.83. The van der Waals surface area contributed by atoms with Gasteiger partial charge in [-0.15, -0.1) is 10.2 Å². The molecule has 0 fully saturated rings. The fraction of sp³-hybridized carbons (Fsp3) is 0.138. The van der Waals surface area contributed by atoms with Gasteiger partial charge in [-0.3, -0.25) is 0 Å². The molecule has 12 heteroatoms. The van der Waals surface area contributed by atoms with Crippen molar-refractivity contribution in [3.05, 3.63) is 95.5 Å². The molecule has 208 valence electrons. The van der Waals surface area contributed by atoms with E-state index < -0.39 is 9.84 Å². The number of nitrogens with zero attached hydrogens (tertiary/aromatic N) is 5. The number of benzene rings is 4. The van der Waals surface area contributed by atoms with Crippen LogP contribution in [0.25, 0.3) is 10.8 Å². The van der Waals surface area contributed by atoms with Gasteiger partial charge in [0.1, 0.15) is 22.9 Å². The molecular weight excluding hydrogens is 564 g/mol. The van der Waals surface area contributed by atoms with Crippen LogP contribution < -0.4 is 5.32 Å². The molecule has 5 rings (SSSR count). The fourth-order valence-electron chi connectivity index (χ4n) is 4.15. The summed E-state index contributed by atoms with van der Waals surface area (Å²) in [6.07, 6.45) is 0.862. The molecule has 4 aromatic carbocycles. The smallest absolute Gasteiger partial charge is 0.231 e. The summed E-state index contributed by atoms with van der Waals surface area (Å²) >= 11 is 6.18. The number of aromatic hydroxyl groups is 2. The zero-order valence-corrected chi connectivity index (χ0v) is 23.4. The first-order valence-corrected chi connectivity index (χ1v) is 14.7. The number of aromatic nitrogens is 3. The number of nitrogens with one attached hydrogen (secondary N) is 1. The van der Waals surface area contributed by atoms with Crippen LogP contribution in [0.15, 0.2) is 94.0 Å². The fourth-order valence-corrected chi connectivity index (χ4v) is 5.65. The Bertz CT molecular complexity index is 1860. The van der Waals surface area contributed by atoms with Gasteiger partial charge in [-0.25, -0.2) is 13.4 Å². The Hall–Kier alpha value is -4.61. The molecule has 1 heterocycles. The lowest BCUT2D eigenvalue weighted by atomic mass is 10.1. The molecule has 0 aliphatic carbocycles. The quantitative estimate of drug-likeness (QED) is 0.155. The second kappa shape index (κ2) is 11.9. The standard InChI is InChI=1S/C29H25ClN6O4S/c1-2-15-41(39,40)21-12-7-18(8-13-21)16-26-32-28(30)34-29(33-26)31-20-11-9-19-10-14-24(27(38)22(19)17-20)36-35-23-5-3-4-6-25(23)37/h3-14,17,37-38H,2,15-16H2,1H3,(H,31,32,33,34). The van der Waals surface area contributed by atoms with Crippen molar-refractivity contribution in [1.82, 2.24) is 15.0 Å². The molecule has 5 aromatic rings. The first-order chi connectivity index (χ1) is 19.7. The second-order valence-electron chi connectivity index (χ2n) is 9.17. The van der Waals surface area contributed by atoms with E-state index in [4.69, 9.17) is 11.6 Å². The lowest BCUT2D eigenvalue weighted by Gasteiger charge is -2.10. The Labute approximate surface area is 241 Å². The van der Waals surface area contributed by atoms with Gasteiger partial charge in [0.15, 0.2) is 15.6 Å². The first-order valence-electron chi connectivity index (χ1n) is 12.7. The summed E-state index contributed by atoms with van der Waals surface area (Å²) < 4.78 is 24.6. The largest absolute Gasteiger partial charge is 0.506 e. The first kappa shape index (κ1) is 27.9. The van der Waals surface area contributed by atoms with Gasteiger partial charge in [-0.2, -0.15) is 9.97 Å². The number of sulfone groups is 1. The van der Waals surface area contributed by atoms with E-state index in [2.05, 4.69) is 30.5 Å². The van der Waals surface area contributed by atoms with E-state index in [1.54, 1.807) is 66.7 Å². The third-order valence-electron chi connectivity index (χ3n) is 6.15. The Morgan fingerprint density at radius 2 is 1.61 bits per heavy atom. The summed E-state index contributed by atoms with van der Waals surface area (Å²) in [5, 5.41) is 33.3. The maximum atomic E-state index is 12.3. The van der Waals surface area contributed by atoms with Gasteiger partial charge >= 0.3 is 0 Å². The van der Waals surface area contributed by atoms with Crippen LogP contribution in [-0.4, -0.2) is 39.3 Å². The van der Waals surface area contributed by atoms with Crippen molar-refractivity contribution in [2.75, 3.05) is 11.1 Å². The van der Waals surface area contributed by atoms with E-state index in [1.165, 1.54) is 6.07 Å². The van der Waals surface area contributed by atoms with Crippen LogP contribution in [-0.2, 0) is 16.3 Å². The van der Waals surface area contributed by atoms with Crippen LogP contribution in [0.1, 0.15) is 24.7 Å². The molecule has 0 bridgehead atoms. The van der Waals surface area contributed by atoms with Gasteiger partial charge in [0.2, 0.25) is 11.2 Å². The molecule has 0 radical (unpaired) electrons. The van der Waals surface area contributed by atoms with Gasteiger partial charge in [0.05, 0.1) is 10.6 Å². The number of halogens is 1. The van der Waals surface area contributed by atoms with E-state index in [-0.39, 0.29) is 44.8 Å².